The van der Waals surface area contributed by atoms with Crippen molar-refractivity contribution in [3.63, 3.8) is 0 Å². The Labute approximate surface area is 156 Å². The summed E-state index contributed by atoms with van der Waals surface area (Å²) >= 11 is 0. The molecule has 5 nitrogen and oxygen atoms in total. The van der Waals surface area contributed by atoms with E-state index >= 15 is 0 Å². The van der Waals surface area contributed by atoms with Crippen molar-refractivity contribution < 1.29 is 37.1 Å². The highest BCUT2D eigenvalue weighted by atomic mass is 19.4. The van der Waals surface area contributed by atoms with Crippen LogP contribution in [0.15, 0.2) is 36.4 Å². The lowest BCUT2D eigenvalue weighted by molar-refractivity contribution is -0.173. The largest absolute Gasteiger partial charge is 0.402 e. The Balaban J connectivity index is 1.93. The molecule has 2 aromatic carbocycles. The number of carbonyl (C=O) groups is 4. The smallest absolute Gasteiger partial charge is 0.386 e. The predicted octanol–water partition coefficient (Wildman–Crippen LogP) is 3.63. The third-order valence-corrected chi connectivity index (χ3v) is 5.31. The SMILES string of the molecule is CC(c1ccc2c(c1)C(=O)CC2=O)(c1ccc2c(c1)C(=O)OC2=O)C(F)(F)F. The lowest BCUT2D eigenvalue weighted by atomic mass is 9.74. The topological polar surface area (TPSA) is 77.5 Å². The van der Waals surface area contributed by atoms with Crippen molar-refractivity contribution in [2.24, 2.45) is 0 Å². The van der Waals surface area contributed by atoms with E-state index in [4.69, 9.17) is 0 Å². The van der Waals surface area contributed by atoms with Gasteiger partial charge in [0.05, 0.1) is 17.5 Å². The van der Waals surface area contributed by atoms with Crippen molar-refractivity contribution in [3.05, 3.63) is 69.8 Å². The molecule has 0 spiro atoms. The van der Waals surface area contributed by atoms with Crippen LogP contribution >= 0.6 is 0 Å². The Kier molecular flexibility index (Phi) is 3.62. The number of ketones is 2. The lowest BCUT2D eigenvalue weighted by Crippen LogP contribution is -2.41. The third-order valence-electron chi connectivity index (χ3n) is 5.31. The molecule has 1 heterocycles. The summed E-state index contributed by atoms with van der Waals surface area (Å²) in [5.41, 5.74) is -3.43. The zero-order chi connectivity index (χ0) is 20.4. The standard InChI is InChI=1S/C20H11F3O5/c1-19(20(21,22)23,9-2-4-11-13(6-9)16(25)8-15(11)24)10-3-5-12-14(7-10)18(27)28-17(12)26/h2-7H,8H2,1H3. The highest BCUT2D eigenvalue weighted by Gasteiger charge is 2.54. The lowest BCUT2D eigenvalue weighted by Gasteiger charge is -2.33. The number of cyclic esters (lactones) is 2. The number of esters is 2. The molecule has 142 valence electrons. The number of halogens is 3. The molecule has 0 fully saturated rings. The fourth-order valence-electron chi connectivity index (χ4n) is 3.56. The molecule has 8 heteroatoms. The van der Waals surface area contributed by atoms with Crippen molar-refractivity contribution in [2.75, 3.05) is 0 Å². The van der Waals surface area contributed by atoms with Gasteiger partial charge < -0.3 is 4.74 Å². The molecule has 2 aliphatic rings. The van der Waals surface area contributed by atoms with Crippen molar-refractivity contribution in [1.29, 1.82) is 0 Å². The third kappa shape index (κ3) is 2.33. The van der Waals surface area contributed by atoms with E-state index in [9.17, 15) is 32.3 Å². The van der Waals surface area contributed by atoms with Crippen molar-refractivity contribution in [1.82, 2.24) is 0 Å². The van der Waals surface area contributed by atoms with Gasteiger partial charge in [0.2, 0.25) is 0 Å². The van der Waals surface area contributed by atoms with E-state index in [1.165, 1.54) is 6.07 Å². The second-order valence-electron chi connectivity index (χ2n) is 6.84. The van der Waals surface area contributed by atoms with Crippen LogP contribution in [0.1, 0.15) is 65.9 Å². The maximum atomic E-state index is 14.2. The van der Waals surface area contributed by atoms with Crippen molar-refractivity contribution in [3.8, 4) is 0 Å². The van der Waals surface area contributed by atoms with E-state index in [2.05, 4.69) is 4.74 Å². The average molecular weight is 388 g/mol. The first-order valence-electron chi connectivity index (χ1n) is 8.22. The van der Waals surface area contributed by atoms with Crippen LogP contribution in [-0.4, -0.2) is 29.7 Å². The molecule has 0 saturated heterocycles. The number of fused-ring (bicyclic) bond motifs is 2. The van der Waals surface area contributed by atoms with Crippen molar-refractivity contribution >= 4 is 23.5 Å². The predicted molar refractivity (Wildman–Crippen MR) is 88.4 cm³/mol. The van der Waals surface area contributed by atoms with Gasteiger partial charge in [0.15, 0.2) is 11.6 Å². The molecule has 0 radical (unpaired) electrons. The van der Waals surface area contributed by atoms with Crippen LogP contribution in [-0.2, 0) is 10.2 Å². The fourth-order valence-corrected chi connectivity index (χ4v) is 3.56. The normalized spacial score (nSPS) is 18.0. The molecule has 28 heavy (non-hydrogen) atoms. The molecule has 1 aliphatic heterocycles. The molecule has 0 aromatic heterocycles. The van der Waals surface area contributed by atoms with E-state index in [0.29, 0.717) is 0 Å². The van der Waals surface area contributed by atoms with Gasteiger partial charge >= 0.3 is 18.1 Å². The number of hydrogen-bond acceptors (Lipinski definition) is 5. The number of carbonyl (C=O) groups excluding carboxylic acids is 4. The Morgan fingerprint density at radius 1 is 0.750 bits per heavy atom. The van der Waals surface area contributed by atoms with Crippen LogP contribution in [0.5, 0.6) is 0 Å². The minimum Gasteiger partial charge on any atom is -0.386 e. The zero-order valence-electron chi connectivity index (χ0n) is 14.3. The van der Waals surface area contributed by atoms with Crippen molar-refractivity contribution in [2.45, 2.75) is 24.9 Å². The van der Waals surface area contributed by atoms with Crippen LogP contribution in [0.2, 0.25) is 0 Å². The summed E-state index contributed by atoms with van der Waals surface area (Å²) < 4.78 is 47.0. The van der Waals surface area contributed by atoms with Crippen LogP contribution in [0.25, 0.3) is 0 Å². The van der Waals surface area contributed by atoms with E-state index < -0.39 is 35.1 Å². The van der Waals surface area contributed by atoms with E-state index in [0.717, 1.165) is 37.3 Å². The number of ether oxygens (including phenoxy) is 1. The monoisotopic (exact) mass is 388 g/mol. The molecule has 1 aliphatic carbocycles. The van der Waals surface area contributed by atoms with Crippen LogP contribution < -0.4 is 0 Å². The first-order chi connectivity index (χ1) is 13.0. The highest BCUT2D eigenvalue weighted by Crippen LogP contribution is 2.47. The Morgan fingerprint density at radius 3 is 1.86 bits per heavy atom. The summed E-state index contributed by atoms with van der Waals surface area (Å²) in [5.74, 6) is -2.89. The van der Waals surface area contributed by atoms with Gasteiger partial charge in [0.1, 0.15) is 5.41 Å². The summed E-state index contributed by atoms with van der Waals surface area (Å²) in [6, 6.07) is 6.64. The van der Waals surface area contributed by atoms with Gasteiger partial charge in [-0.3, -0.25) is 9.59 Å². The van der Waals surface area contributed by atoms with Gasteiger partial charge in [-0.1, -0.05) is 18.2 Å². The molecule has 4 rings (SSSR count). The van der Waals surface area contributed by atoms with E-state index in [-0.39, 0.29) is 39.8 Å². The van der Waals surface area contributed by atoms with Crippen LogP contribution in [0.4, 0.5) is 13.2 Å². The molecule has 0 saturated carbocycles. The summed E-state index contributed by atoms with van der Waals surface area (Å²) in [4.78, 5) is 47.1. The molecule has 1 unspecified atom stereocenters. The Bertz CT molecular complexity index is 1020. The van der Waals surface area contributed by atoms with Gasteiger partial charge in [-0.25, -0.2) is 9.59 Å². The van der Waals surface area contributed by atoms with Gasteiger partial charge in [0.25, 0.3) is 0 Å². The zero-order valence-corrected chi connectivity index (χ0v) is 14.3. The van der Waals surface area contributed by atoms with Gasteiger partial charge in [-0.05, 0) is 36.2 Å². The Morgan fingerprint density at radius 2 is 1.25 bits per heavy atom. The summed E-state index contributed by atoms with van der Waals surface area (Å²) in [5, 5.41) is 0. The average Bonchev–Trinajstić information content (AvgIpc) is 3.08. The van der Waals surface area contributed by atoms with Crippen LogP contribution in [0, 0.1) is 0 Å². The first-order valence-corrected chi connectivity index (χ1v) is 8.22. The number of hydrogen-bond donors (Lipinski definition) is 0. The number of rotatable bonds is 2. The molecule has 0 N–H and O–H groups in total. The first kappa shape index (κ1) is 18.1. The fraction of sp³-hybridized carbons (Fsp3) is 0.200. The Hall–Kier alpha value is -3.29. The number of alkyl halides is 3. The van der Waals surface area contributed by atoms with Crippen LogP contribution in [0.3, 0.4) is 0 Å². The van der Waals surface area contributed by atoms with E-state index in [1.807, 2.05) is 0 Å². The summed E-state index contributed by atoms with van der Waals surface area (Å²) in [6.45, 7) is 0.916. The highest BCUT2D eigenvalue weighted by molar-refractivity contribution is 6.24. The minimum atomic E-state index is -4.80. The molecule has 0 amide bonds. The van der Waals surface area contributed by atoms with Gasteiger partial charge in [-0.2, -0.15) is 13.2 Å². The van der Waals surface area contributed by atoms with Gasteiger partial charge in [-0.15, -0.1) is 0 Å². The van der Waals surface area contributed by atoms with E-state index in [1.54, 1.807) is 0 Å². The molecular formula is C20H11F3O5. The molecular weight excluding hydrogens is 377 g/mol. The maximum Gasteiger partial charge on any atom is 0.402 e. The minimum absolute atomic E-state index is 0.0475. The maximum absolute atomic E-state index is 14.2. The summed E-state index contributed by atoms with van der Waals surface area (Å²) in [6.07, 6.45) is -5.16. The molecule has 2 aromatic rings. The molecule has 1 atom stereocenters. The second-order valence-corrected chi connectivity index (χ2v) is 6.84. The quantitative estimate of drug-likeness (QED) is 0.580. The second kappa shape index (κ2) is 5.60. The number of benzene rings is 2. The van der Waals surface area contributed by atoms with Gasteiger partial charge in [0, 0.05) is 11.1 Å². The molecule has 0 bridgehead atoms. The summed E-state index contributed by atoms with van der Waals surface area (Å²) in [7, 11) is 0. The number of Topliss-reactive ketones (excluding diaryl/α,β-unsaturated/α-hetero) is 2.